The van der Waals surface area contributed by atoms with Crippen LogP contribution in [-0.2, 0) is 0 Å². The zero-order valence-corrected chi connectivity index (χ0v) is 12.4. The molecule has 0 fully saturated rings. The Hall–Kier alpha value is -2.05. The largest absolute Gasteiger partial charge is 0.573 e. The minimum atomic E-state index is -5.38. The van der Waals surface area contributed by atoms with Gasteiger partial charge in [-0.2, -0.15) is 0 Å². The van der Waals surface area contributed by atoms with Crippen LogP contribution >= 0.6 is 0 Å². The third-order valence-electron chi connectivity index (χ3n) is 2.63. The summed E-state index contributed by atoms with van der Waals surface area (Å²) in [4.78, 5) is 0. The van der Waals surface area contributed by atoms with Crippen molar-refractivity contribution in [2.24, 2.45) is 0 Å². The normalized spacial score (nSPS) is 14.2. The van der Waals surface area contributed by atoms with Crippen molar-refractivity contribution in [1.82, 2.24) is 5.32 Å². The zero-order valence-electron chi connectivity index (χ0n) is 12.4. The Kier molecular flexibility index (Phi) is 5.93. The molecule has 0 heterocycles. The van der Waals surface area contributed by atoms with Gasteiger partial charge >= 0.3 is 19.1 Å². The van der Waals surface area contributed by atoms with E-state index in [0.29, 0.717) is 0 Å². The molecule has 144 valence electrons. The fourth-order valence-corrected chi connectivity index (χ4v) is 1.76. The van der Waals surface area contributed by atoms with Crippen LogP contribution < -0.4 is 19.5 Å². The molecule has 1 unspecified atom stereocenters. The van der Waals surface area contributed by atoms with Crippen molar-refractivity contribution in [3.63, 3.8) is 0 Å². The molecule has 0 radical (unpaired) electrons. The lowest BCUT2D eigenvalue weighted by Gasteiger charge is -2.23. The van der Waals surface area contributed by atoms with E-state index in [9.17, 15) is 39.5 Å². The van der Waals surface area contributed by atoms with Gasteiger partial charge in [0.2, 0.25) is 0 Å². The van der Waals surface area contributed by atoms with Crippen molar-refractivity contribution in [3.05, 3.63) is 17.7 Å². The molecule has 1 aromatic rings. The molecular formula is C12H10F9NO3. The lowest BCUT2D eigenvalue weighted by Crippen LogP contribution is -2.24. The monoisotopic (exact) mass is 387 g/mol. The van der Waals surface area contributed by atoms with Gasteiger partial charge in [0.1, 0.15) is 17.2 Å². The summed E-state index contributed by atoms with van der Waals surface area (Å²) in [6.07, 6.45) is -16.1. The van der Waals surface area contributed by atoms with Crippen LogP contribution in [0.2, 0.25) is 0 Å². The molecule has 1 rings (SSSR count). The summed E-state index contributed by atoms with van der Waals surface area (Å²) in [5.41, 5.74) is -0.799. The second-order valence-electron chi connectivity index (χ2n) is 4.49. The van der Waals surface area contributed by atoms with Gasteiger partial charge in [-0.3, -0.25) is 0 Å². The minimum absolute atomic E-state index is 0.160. The summed E-state index contributed by atoms with van der Waals surface area (Å²) >= 11 is 0. The van der Waals surface area contributed by atoms with Gasteiger partial charge < -0.3 is 19.5 Å². The second-order valence-corrected chi connectivity index (χ2v) is 4.49. The molecule has 0 aliphatic heterocycles. The molecule has 0 aromatic heterocycles. The Morgan fingerprint density at radius 3 is 1.40 bits per heavy atom. The Balaban J connectivity index is 3.56. The SMILES string of the molecule is CNC(C)c1c(OC(F)(F)F)cc(OC(F)(F)F)cc1OC(F)(F)F. The number of ether oxygens (including phenoxy) is 3. The summed E-state index contributed by atoms with van der Waals surface area (Å²) < 4.78 is 122. The molecule has 0 aliphatic carbocycles. The van der Waals surface area contributed by atoms with Gasteiger partial charge in [0.05, 0.1) is 5.56 Å². The van der Waals surface area contributed by atoms with Gasteiger partial charge in [-0.25, -0.2) is 0 Å². The van der Waals surface area contributed by atoms with Crippen LogP contribution in [0.3, 0.4) is 0 Å². The first-order valence-electron chi connectivity index (χ1n) is 6.23. The fraction of sp³-hybridized carbons (Fsp3) is 0.500. The van der Waals surface area contributed by atoms with E-state index >= 15 is 0 Å². The summed E-state index contributed by atoms with van der Waals surface area (Å²) in [5, 5.41) is 2.34. The molecule has 0 amide bonds. The third kappa shape index (κ3) is 7.15. The molecule has 1 N–H and O–H groups in total. The molecule has 1 aromatic carbocycles. The van der Waals surface area contributed by atoms with Gasteiger partial charge in [-0.05, 0) is 14.0 Å². The topological polar surface area (TPSA) is 39.7 Å². The average molecular weight is 387 g/mol. The van der Waals surface area contributed by atoms with Crippen molar-refractivity contribution in [3.8, 4) is 17.2 Å². The van der Waals surface area contributed by atoms with E-state index in [-0.39, 0.29) is 12.1 Å². The first kappa shape index (κ1) is 21.0. The maximum atomic E-state index is 12.5. The molecule has 25 heavy (non-hydrogen) atoms. The van der Waals surface area contributed by atoms with E-state index in [1.165, 1.54) is 7.05 Å². The highest BCUT2D eigenvalue weighted by atomic mass is 19.4. The van der Waals surface area contributed by atoms with Crippen molar-refractivity contribution < 1.29 is 53.7 Å². The van der Waals surface area contributed by atoms with Gasteiger partial charge in [0.25, 0.3) is 0 Å². The lowest BCUT2D eigenvalue weighted by atomic mass is 10.1. The van der Waals surface area contributed by atoms with Crippen LogP contribution in [0.15, 0.2) is 12.1 Å². The van der Waals surface area contributed by atoms with Crippen molar-refractivity contribution in [2.45, 2.75) is 32.1 Å². The fourth-order valence-electron chi connectivity index (χ4n) is 1.76. The highest BCUT2D eigenvalue weighted by Gasteiger charge is 2.39. The maximum Gasteiger partial charge on any atom is 0.573 e. The highest BCUT2D eigenvalue weighted by molar-refractivity contribution is 5.52. The smallest absolute Gasteiger partial charge is 0.406 e. The molecule has 4 nitrogen and oxygen atoms in total. The van der Waals surface area contributed by atoms with Crippen LogP contribution in [0.1, 0.15) is 18.5 Å². The highest BCUT2D eigenvalue weighted by Crippen LogP contribution is 2.43. The Labute approximate surface area is 134 Å². The molecule has 0 saturated carbocycles. The van der Waals surface area contributed by atoms with E-state index in [1.807, 2.05) is 0 Å². The van der Waals surface area contributed by atoms with Gasteiger partial charge in [-0.15, -0.1) is 39.5 Å². The van der Waals surface area contributed by atoms with Gasteiger partial charge in [-0.1, -0.05) is 0 Å². The Morgan fingerprint density at radius 1 is 0.760 bits per heavy atom. The van der Waals surface area contributed by atoms with Crippen molar-refractivity contribution in [2.75, 3.05) is 7.05 Å². The van der Waals surface area contributed by atoms with E-state index in [0.717, 1.165) is 6.92 Å². The number of rotatable bonds is 5. The predicted molar refractivity (Wildman–Crippen MR) is 64.0 cm³/mol. The molecule has 0 bridgehead atoms. The minimum Gasteiger partial charge on any atom is -0.406 e. The van der Waals surface area contributed by atoms with Crippen LogP contribution in [-0.4, -0.2) is 26.1 Å². The van der Waals surface area contributed by atoms with Crippen LogP contribution in [0.4, 0.5) is 39.5 Å². The van der Waals surface area contributed by atoms with E-state index in [2.05, 4.69) is 19.5 Å². The number of hydrogen-bond acceptors (Lipinski definition) is 4. The van der Waals surface area contributed by atoms with Crippen LogP contribution in [0.5, 0.6) is 17.2 Å². The Bertz CT molecular complexity index is 558. The number of benzene rings is 1. The summed E-state index contributed by atoms with van der Waals surface area (Å²) in [5.74, 6) is -4.05. The molecule has 1 atom stereocenters. The van der Waals surface area contributed by atoms with E-state index < -0.39 is 47.9 Å². The molecule has 0 aliphatic rings. The second kappa shape index (κ2) is 7.06. The van der Waals surface area contributed by atoms with Crippen molar-refractivity contribution in [1.29, 1.82) is 0 Å². The molecule has 0 spiro atoms. The molecular weight excluding hydrogens is 377 g/mol. The predicted octanol–water partition coefficient (Wildman–Crippen LogP) is 4.66. The quantitative estimate of drug-likeness (QED) is 0.746. The molecule has 0 saturated heterocycles. The van der Waals surface area contributed by atoms with Gasteiger partial charge in [0, 0.05) is 18.2 Å². The maximum absolute atomic E-state index is 12.5. The van der Waals surface area contributed by atoms with E-state index in [1.54, 1.807) is 0 Å². The number of nitrogens with one attached hydrogen (secondary N) is 1. The first-order chi connectivity index (χ1) is 11.1. The standard InChI is InChI=1S/C12H10F9NO3/c1-5(22-2)9-7(24-11(16,17)18)3-6(23-10(13,14)15)4-8(9)25-12(19,20)21/h3-5,22H,1-2H3. The first-order valence-corrected chi connectivity index (χ1v) is 6.23. The number of hydrogen-bond donors (Lipinski definition) is 1. The summed E-state index contributed by atoms with van der Waals surface area (Å²) in [6, 6.07) is -0.879. The zero-order chi connectivity index (χ0) is 19.6. The van der Waals surface area contributed by atoms with Gasteiger partial charge in [0.15, 0.2) is 0 Å². The van der Waals surface area contributed by atoms with Crippen LogP contribution in [0, 0.1) is 0 Å². The van der Waals surface area contributed by atoms with Crippen LogP contribution in [0.25, 0.3) is 0 Å². The summed E-state index contributed by atoms with van der Waals surface area (Å²) in [7, 11) is 1.19. The lowest BCUT2D eigenvalue weighted by molar-refractivity contribution is -0.278. The number of halogens is 9. The average Bonchev–Trinajstić information content (AvgIpc) is 2.31. The molecule has 13 heteroatoms. The Morgan fingerprint density at radius 2 is 1.12 bits per heavy atom. The third-order valence-corrected chi connectivity index (χ3v) is 2.63. The number of alkyl halides is 9. The summed E-state index contributed by atoms with van der Waals surface area (Å²) in [6.45, 7) is 1.14. The van der Waals surface area contributed by atoms with Crippen molar-refractivity contribution >= 4 is 0 Å². The van der Waals surface area contributed by atoms with E-state index in [4.69, 9.17) is 0 Å².